The van der Waals surface area contributed by atoms with Crippen molar-refractivity contribution in [3.8, 4) is 0 Å². The van der Waals surface area contributed by atoms with E-state index in [1.54, 1.807) is 18.1 Å². The molecule has 0 fully saturated rings. The van der Waals surface area contributed by atoms with E-state index in [4.69, 9.17) is 5.73 Å². The predicted molar refractivity (Wildman–Crippen MR) is 56.6 cm³/mol. The van der Waals surface area contributed by atoms with Crippen LogP contribution in [0.5, 0.6) is 0 Å². The van der Waals surface area contributed by atoms with Crippen molar-refractivity contribution >= 4 is 17.0 Å². The van der Waals surface area contributed by atoms with Crippen LogP contribution in [0.15, 0.2) is 35.6 Å². The number of hydrogen-bond donors (Lipinski definition) is 2. The first-order chi connectivity index (χ1) is 6.81. The van der Waals surface area contributed by atoms with Gasteiger partial charge in [0.05, 0.1) is 11.0 Å². The minimum absolute atomic E-state index is 0.355. The Hall–Kier alpha value is -2.04. The van der Waals surface area contributed by atoms with Crippen LogP contribution < -0.4 is 11.2 Å². The molecule has 5 heteroatoms. The molecule has 1 heterocycles. The summed E-state index contributed by atoms with van der Waals surface area (Å²) >= 11 is 0. The number of nitrogens with one attached hydrogen (secondary N) is 1. The van der Waals surface area contributed by atoms with E-state index in [9.17, 15) is 0 Å². The lowest BCUT2D eigenvalue weighted by Gasteiger charge is -2.05. The third kappa shape index (κ3) is 1.39. The first kappa shape index (κ1) is 8.55. The molecule has 0 aliphatic heterocycles. The number of benzene rings is 1. The minimum atomic E-state index is 0.355. The topological polar surface area (TPSA) is 68.2 Å². The van der Waals surface area contributed by atoms with E-state index in [1.807, 2.05) is 24.3 Å². The highest BCUT2D eigenvalue weighted by Crippen LogP contribution is 2.09. The van der Waals surface area contributed by atoms with Crippen LogP contribution in [0.1, 0.15) is 0 Å². The van der Waals surface area contributed by atoms with E-state index in [0.29, 0.717) is 5.96 Å². The van der Waals surface area contributed by atoms with Crippen LogP contribution in [0.3, 0.4) is 0 Å². The fraction of sp³-hybridized carbons (Fsp3) is 0.111. The summed E-state index contributed by atoms with van der Waals surface area (Å²) < 4.78 is 1.73. The zero-order valence-corrected chi connectivity index (χ0v) is 7.81. The van der Waals surface area contributed by atoms with Gasteiger partial charge in [-0.25, -0.2) is 9.66 Å². The maximum Gasteiger partial charge on any atom is 0.207 e. The molecule has 2 rings (SSSR count). The Bertz CT molecular complexity index is 471. The summed E-state index contributed by atoms with van der Waals surface area (Å²) in [6.07, 6.45) is 1.67. The van der Waals surface area contributed by atoms with Crippen LogP contribution in [0.4, 0.5) is 0 Å². The number of guanidine groups is 1. The van der Waals surface area contributed by atoms with E-state index in [1.165, 1.54) is 0 Å². The van der Waals surface area contributed by atoms with E-state index < -0.39 is 0 Å². The molecule has 72 valence electrons. The Morgan fingerprint density at radius 1 is 1.50 bits per heavy atom. The molecule has 14 heavy (non-hydrogen) atoms. The van der Waals surface area contributed by atoms with Gasteiger partial charge >= 0.3 is 0 Å². The van der Waals surface area contributed by atoms with Crippen LogP contribution >= 0.6 is 0 Å². The summed E-state index contributed by atoms with van der Waals surface area (Å²) in [5, 5.41) is 0. The van der Waals surface area contributed by atoms with Gasteiger partial charge in [-0.3, -0.25) is 10.4 Å². The first-order valence-corrected chi connectivity index (χ1v) is 4.22. The monoisotopic (exact) mass is 189 g/mol. The summed E-state index contributed by atoms with van der Waals surface area (Å²) in [5.74, 6) is 0.355. The van der Waals surface area contributed by atoms with Gasteiger partial charge in [0.15, 0.2) is 0 Å². The van der Waals surface area contributed by atoms with E-state index in [2.05, 4.69) is 15.4 Å². The Morgan fingerprint density at radius 3 is 3.07 bits per heavy atom. The molecule has 0 saturated carbocycles. The molecule has 0 radical (unpaired) electrons. The number of rotatable bonds is 1. The second kappa shape index (κ2) is 3.37. The zero-order valence-electron chi connectivity index (χ0n) is 7.81. The number of hydrogen-bond acceptors (Lipinski definition) is 2. The van der Waals surface area contributed by atoms with Gasteiger partial charge < -0.3 is 5.73 Å². The third-order valence-corrected chi connectivity index (χ3v) is 1.93. The van der Waals surface area contributed by atoms with Crippen LogP contribution in [0, 0.1) is 0 Å². The fourth-order valence-corrected chi connectivity index (χ4v) is 1.22. The highest BCUT2D eigenvalue weighted by atomic mass is 15.5. The number of aromatic nitrogens is 2. The van der Waals surface area contributed by atoms with Gasteiger partial charge in [-0.05, 0) is 12.1 Å². The van der Waals surface area contributed by atoms with Crippen molar-refractivity contribution in [3.05, 3.63) is 30.6 Å². The van der Waals surface area contributed by atoms with Gasteiger partial charge in [-0.1, -0.05) is 12.1 Å². The fourth-order valence-electron chi connectivity index (χ4n) is 1.22. The van der Waals surface area contributed by atoms with E-state index in [0.717, 1.165) is 11.0 Å². The standard InChI is InChI=1S/C9H11N5/c1-11-9(10)13-14-6-12-7-4-2-3-5-8(7)14/h2-6H,1H3,(H3,10,11,13). The second-order valence-electron chi connectivity index (χ2n) is 2.82. The van der Waals surface area contributed by atoms with E-state index in [-0.39, 0.29) is 0 Å². The summed E-state index contributed by atoms with van der Waals surface area (Å²) in [4.78, 5) is 8.00. The lowest BCUT2D eigenvalue weighted by atomic mass is 10.3. The first-order valence-electron chi connectivity index (χ1n) is 4.22. The Labute approximate surface area is 81.2 Å². The normalized spacial score (nSPS) is 11.9. The maximum atomic E-state index is 5.55. The van der Waals surface area contributed by atoms with Crippen molar-refractivity contribution in [1.29, 1.82) is 0 Å². The van der Waals surface area contributed by atoms with Gasteiger partial charge in [0.25, 0.3) is 0 Å². The molecule has 0 spiro atoms. The van der Waals surface area contributed by atoms with Crippen molar-refractivity contribution in [3.63, 3.8) is 0 Å². The predicted octanol–water partition coefficient (Wildman–Crippen LogP) is 0.524. The summed E-state index contributed by atoms with van der Waals surface area (Å²) in [6, 6.07) is 7.78. The molecule has 0 aliphatic rings. The smallest absolute Gasteiger partial charge is 0.207 e. The Balaban J connectivity index is 2.43. The van der Waals surface area contributed by atoms with Crippen LogP contribution in [0.25, 0.3) is 11.0 Å². The van der Waals surface area contributed by atoms with Gasteiger partial charge in [-0.2, -0.15) is 0 Å². The SMILES string of the molecule is CN=C(N)Nn1cnc2ccccc21. The minimum Gasteiger partial charge on any atom is -0.369 e. The zero-order chi connectivity index (χ0) is 9.97. The molecule has 0 saturated heterocycles. The van der Waals surface area contributed by atoms with Gasteiger partial charge in [0, 0.05) is 7.05 Å². The number of nitrogens with two attached hydrogens (primary N) is 1. The highest BCUT2D eigenvalue weighted by Gasteiger charge is 2.00. The van der Waals surface area contributed by atoms with Gasteiger partial charge in [-0.15, -0.1) is 0 Å². The number of aliphatic imine (C=N–C) groups is 1. The average Bonchev–Trinajstić information content (AvgIpc) is 2.62. The molecule has 0 amide bonds. The van der Waals surface area contributed by atoms with Crippen LogP contribution in [-0.4, -0.2) is 22.7 Å². The van der Waals surface area contributed by atoms with Gasteiger partial charge in [0.1, 0.15) is 6.33 Å². The number of para-hydroxylation sites is 2. The molecule has 0 bridgehead atoms. The Morgan fingerprint density at radius 2 is 2.29 bits per heavy atom. The number of imidazole rings is 1. The van der Waals surface area contributed by atoms with Crippen molar-refractivity contribution in [2.45, 2.75) is 0 Å². The molecule has 3 N–H and O–H groups in total. The summed E-state index contributed by atoms with van der Waals surface area (Å²) in [6.45, 7) is 0. The molecule has 2 aromatic rings. The molecule has 0 unspecified atom stereocenters. The van der Waals surface area contributed by atoms with Crippen molar-refractivity contribution in [1.82, 2.24) is 9.66 Å². The molecule has 0 aliphatic carbocycles. The molecule has 1 aromatic heterocycles. The second-order valence-corrected chi connectivity index (χ2v) is 2.82. The van der Waals surface area contributed by atoms with Crippen LogP contribution in [-0.2, 0) is 0 Å². The number of fused-ring (bicyclic) bond motifs is 1. The molecule has 1 aromatic carbocycles. The number of nitrogens with zero attached hydrogens (tertiary/aromatic N) is 3. The van der Waals surface area contributed by atoms with Crippen molar-refractivity contribution < 1.29 is 0 Å². The molecule has 5 nitrogen and oxygen atoms in total. The van der Waals surface area contributed by atoms with E-state index >= 15 is 0 Å². The maximum absolute atomic E-state index is 5.55. The lowest BCUT2D eigenvalue weighted by molar-refractivity contribution is 0.997. The summed E-state index contributed by atoms with van der Waals surface area (Å²) in [7, 11) is 1.63. The highest BCUT2D eigenvalue weighted by molar-refractivity contribution is 5.87. The Kier molecular flexibility index (Phi) is 2.06. The molecule has 0 atom stereocenters. The van der Waals surface area contributed by atoms with Crippen molar-refractivity contribution in [2.75, 3.05) is 12.5 Å². The quantitative estimate of drug-likeness (QED) is 0.507. The largest absolute Gasteiger partial charge is 0.369 e. The van der Waals surface area contributed by atoms with Crippen LogP contribution in [0.2, 0.25) is 0 Å². The molecular formula is C9H11N5. The molecular weight excluding hydrogens is 178 g/mol. The summed E-state index contributed by atoms with van der Waals surface area (Å²) in [5.41, 5.74) is 10.3. The van der Waals surface area contributed by atoms with Crippen molar-refractivity contribution in [2.24, 2.45) is 10.7 Å². The lowest BCUT2D eigenvalue weighted by Crippen LogP contribution is -2.29. The average molecular weight is 189 g/mol. The van der Waals surface area contributed by atoms with Gasteiger partial charge in [0.2, 0.25) is 5.96 Å². The third-order valence-electron chi connectivity index (χ3n) is 1.93.